The molecule has 4 rings (SSSR count). The summed E-state index contributed by atoms with van der Waals surface area (Å²) in [6.07, 6.45) is 0.239. The Hall–Kier alpha value is -2.73. The molecule has 0 spiro atoms. The Morgan fingerprint density at radius 1 is 0.923 bits per heavy atom. The van der Waals surface area contributed by atoms with Crippen molar-refractivity contribution < 1.29 is 18.9 Å². The van der Waals surface area contributed by atoms with E-state index in [0.717, 1.165) is 4.90 Å². The molecule has 0 radical (unpaired) electrons. The smallest absolute Gasteiger partial charge is 0.292 e. The third kappa shape index (κ3) is 2.97. The summed E-state index contributed by atoms with van der Waals surface area (Å²) in [4.78, 5) is 29.7. The number of carbonyl (C=O) groups excluding carboxylic acids is 2. The molecule has 0 unspecified atom stereocenters. The highest BCUT2D eigenvalue weighted by atomic mass is 19.1. The molecule has 1 N–H and O–H groups in total. The number of anilines is 2. The van der Waals surface area contributed by atoms with Crippen molar-refractivity contribution in [3.8, 4) is 0 Å². The van der Waals surface area contributed by atoms with Crippen LogP contribution in [-0.4, -0.2) is 44.0 Å². The largest absolute Gasteiger partial charge is 0.358 e. The van der Waals surface area contributed by atoms with Gasteiger partial charge in [-0.05, 0) is 24.3 Å². The highest BCUT2D eigenvalue weighted by Crippen LogP contribution is 2.22. The summed E-state index contributed by atoms with van der Waals surface area (Å²) in [5, 5.41) is 0. The minimum atomic E-state index is -0.342. The lowest BCUT2D eigenvalue weighted by molar-refractivity contribution is -0.915. The lowest BCUT2D eigenvalue weighted by Crippen LogP contribution is -3.19. The molecule has 2 aromatic rings. The minimum absolute atomic E-state index is 0.129. The van der Waals surface area contributed by atoms with Crippen molar-refractivity contribution in [2.75, 3.05) is 36.0 Å². The maximum atomic E-state index is 14.0. The fourth-order valence-corrected chi connectivity index (χ4v) is 3.89. The van der Waals surface area contributed by atoms with Crippen LogP contribution < -0.4 is 14.7 Å². The lowest BCUT2D eigenvalue weighted by Gasteiger charge is -2.35. The number of hydrogen-bond donors (Lipinski definition) is 1. The zero-order valence-electron chi connectivity index (χ0n) is 14.4. The predicted molar refractivity (Wildman–Crippen MR) is 96.6 cm³/mol. The van der Waals surface area contributed by atoms with E-state index in [1.165, 1.54) is 11.0 Å². The minimum Gasteiger partial charge on any atom is -0.358 e. The van der Waals surface area contributed by atoms with Gasteiger partial charge in [0.1, 0.15) is 5.82 Å². The van der Waals surface area contributed by atoms with E-state index < -0.39 is 0 Å². The quantitative estimate of drug-likeness (QED) is 0.832. The van der Waals surface area contributed by atoms with Crippen LogP contribution in [0.4, 0.5) is 15.8 Å². The van der Waals surface area contributed by atoms with Gasteiger partial charge in [-0.2, -0.15) is 0 Å². The van der Waals surface area contributed by atoms with Gasteiger partial charge in [-0.15, -0.1) is 0 Å². The Bertz CT molecular complexity index is 819. The summed E-state index contributed by atoms with van der Waals surface area (Å²) in [5.74, 6) is -0.496. The van der Waals surface area contributed by atoms with Gasteiger partial charge in [0.15, 0.2) is 6.04 Å². The number of amides is 2. The fourth-order valence-electron chi connectivity index (χ4n) is 3.89. The summed E-state index contributed by atoms with van der Waals surface area (Å²) in [6.45, 7) is 2.75. The predicted octanol–water partition coefficient (Wildman–Crippen LogP) is 0.863. The first-order chi connectivity index (χ1) is 12.6. The summed E-state index contributed by atoms with van der Waals surface area (Å²) < 4.78 is 14.0. The summed E-state index contributed by atoms with van der Waals surface area (Å²) in [7, 11) is 0. The Kier molecular flexibility index (Phi) is 4.42. The van der Waals surface area contributed by atoms with Crippen LogP contribution in [0, 0.1) is 5.82 Å². The number of nitrogens with one attached hydrogen (secondary N) is 1. The molecule has 134 valence electrons. The normalized spacial score (nSPS) is 21.5. The maximum absolute atomic E-state index is 14.0. The van der Waals surface area contributed by atoms with Gasteiger partial charge in [0.25, 0.3) is 5.91 Å². The zero-order valence-corrected chi connectivity index (χ0v) is 14.4. The average Bonchev–Trinajstić information content (AvgIpc) is 2.97. The number of imide groups is 1. The molecule has 2 amide bonds. The molecule has 2 fully saturated rings. The molecular weight excluding hydrogens is 333 g/mol. The topological polar surface area (TPSA) is 45.1 Å². The third-order valence-electron chi connectivity index (χ3n) is 5.25. The van der Waals surface area contributed by atoms with E-state index >= 15 is 0 Å². The third-order valence-corrected chi connectivity index (χ3v) is 5.25. The molecule has 2 heterocycles. The number of quaternary nitrogens is 1. The van der Waals surface area contributed by atoms with Crippen molar-refractivity contribution in [2.45, 2.75) is 12.5 Å². The summed E-state index contributed by atoms with van der Waals surface area (Å²) in [5.41, 5.74) is 1.24. The van der Waals surface area contributed by atoms with Gasteiger partial charge < -0.3 is 9.80 Å². The van der Waals surface area contributed by atoms with Gasteiger partial charge in [-0.25, -0.2) is 9.29 Å². The van der Waals surface area contributed by atoms with E-state index in [0.29, 0.717) is 37.6 Å². The highest BCUT2D eigenvalue weighted by Gasteiger charge is 2.46. The van der Waals surface area contributed by atoms with Crippen LogP contribution in [0.5, 0.6) is 0 Å². The fraction of sp³-hybridized carbons (Fsp3) is 0.300. The van der Waals surface area contributed by atoms with Crippen LogP contribution in [0.25, 0.3) is 0 Å². The standard InChI is InChI=1S/C20H20FN3O2/c21-16-8-4-5-9-17(16)22-10-12-23(13-11-22)18-14-19(25)24(20(18)26)15-6-2-1-3-7-15/h1-9,18H,10-14H2/p+1/t18-/m1/s1. The molecule has 0 bridgehead atoms. The molecule has 5 nitrogen and oxygen atoms in total. The Morgan fingerprint density at radius 2 is 1.58 bits per heavy atom. The molecule has 0 aromatic heterocycles. The number of halogens is 1. The molecular formula is C20H21FN3O2+. The van der Waals surface area contributed by atoms with Crippen molar-refractivity contribution in [3.05, 3.63) is 60.4 Å². The van der Waals surface area contributed by atoms with E-state index in [-0.39, 0.29) is 30.1 Å². The van der Waals surface area contributed by atoms with Crippen LogP contribution >= 0.6 is 0 Å². The number of hydrogen-bond acceptors (Lipinski definition) is 3. The molecule has 0 aliphatic carbocycles. The lowest BCUT2D eigenvalue weighted by atomic mass is 10.1. The second kappa shape index (κ2) is 6.88. The van der Waals surface area contributed by atoms with Crippen molar-refractivity contribution in [1.82, 2.24) is 0 Å². The van der Waals surface area contributed by atoms with Crippen molar-refractivity contribution in [3.63, 3.8) is 0 Å². The van der Waals surface area contributed by atoms with E-state index in [1.54, 1.807) is 24.3 Å². The Balaban J connectivity index is 1.44. The van der Waals surface area contributed by atoms with E-state index in [4.69, 9.17) is 0 Å². The first-order valence-corrected chi connectivity index (χ1v) is 8.91. The number of piperazine rings is 1. The van der Waals surface area contributed by atoms with E-state index in [2.05, 4.69) is 0 Å². The maximum Gasteiger partial charge on any atom is 0.292 e. The first kappa shape index (κ1) is 16.7. The van der Waals surface area contributed by atoms with Gasteiger partial charge in [0.2, 0.25) is 5.91 Å². The van der Waals surface area contributed by atoms with Crippen LogP contribution in [0.3, 0.4) is 0 Å². The number of carbonyl (C=O) groups is 2. The Morgan fingerprint density at radius 3 is 2.27 bits per heavy atom. The second-order valence-corrected chi connectivity index (χ2v) is 6.76. The second-order valence-electron chi connectivity index (χ2n) is 6.76. The highest BCUT2D eigenvalue weighted by molar-refractivity contribution is 6.21. The van der Waals surface area contributed by atoms with Crippen LogP contribution in [0.15, 0.2) is 54.6 Å². The van der Waals surface area contributed by atoms with Crippen molar-refractivity contribution >= 4 is 23.2 Å². The molecule has 2 aromatic carbocycles. The van der Waals surface area contributed by atoms with E-state index in [9.17, 15) is 14.0 Å². The average molecular weight is 354 g/mol. The van der Waals surface area contributed by atoms with Crippen molar-refractivity contribution in [2.24, 2.45) is 0 Å². The molecule has 6 heteroatoms. The van der Waals surface area contributed by atoms with Gasteiger partial charge in [0.05, 0.1) is 44.0 Å². The number of rotatable bonds is 3. The number of para-hydroxylation sites is 2. The molecule has 0 saturated carbocycles. The van der Waals surface area contributed by atoms with E-state index in [1.807, 2.05) is 29.2 Å². The number of benzene rings is 2. The summed E-state index contributed by atoms with van der Waals surface area (Å²) >= 11 is 0. The Labute approximate surface area is 151 Å². The zero-order chi connectivity index (χ0) is 18.1. The number of nitrogens with zero attached hydrogens (tertiary/aromatic N) is 2. The van der Waals surface area contributed by atoms with Crippen LogP contribution in [0.1, 0.15) is 6.42 Å². The molecule has 2 aliphatic heterocycles. The first-order valence-electron chi connectivity index (χ1n) is 8.91. The molecule has 2 saturated heterocycles. The summed E-state index contributed by atoms with van der Waals surface area (Å²) in [6, 6.07) is 15.5. The molecule has 2 aliphatic rings. The van der Waals surface area contributed by atoms with Crippen molar-refractivity contribution in [1.29, 1.82) is 0 Å². The van der Waals surface area contributed by atoms with Gasteiger partial charge in [-0.1, -0.05) is 30.3 Å². The van der Waals surface area contributed by atoms with Crippen LogP contribution in [-0.2, 0) is 9.59 Å². The SMILES string of the molecule is O=C1C[C@@H]([NH+]2CCN(c3ccccc3F)CC2)C(=O)N1c1ccccc1. The van der Waals surface area contributed by atoms with Gasteiger partial charge >= 0.3 is 0 Å². The molecule has 1 atom stereocenters. The monoisotopic (exact) mass is 354 g/mol. The van der Waals surface area contributed by atoms with Crippen LogP contribution in [0.2, 0.25) is 0 Å². The van der Waals surface area contributed by atoms with Gasteiger partial charge in [0, 0.05) is 0 Å². The van der Waals surface area contributed by atoms with Gasteiger partial charge in [-0.3, -0.25) is 9.59 Å². The molecule has 26 heavy (non-hydrogen) atoms.